The molecule has 13 nitrogen and oxygen atoms in total. The largest absolute Gasteiger partial charge is 0.387 e. The molecule has 4 aromatic rings. The number of fused-ring (bicyclic) bond motifs is 1. The first-order chi connectivity index (χ1) is 26.4. The van der Waals surface area contributed by atoms with Crippen molar-refractivity contribution >= 4 is 56.5 Å². The second-order valence-corrected chi connectivity index (χ2v) is 16.3. The predicted octanol–water partition coefficient (Wildman–Crippen LogP) is 5.22. The van der Waals surface area contributed by atoms with Crippen LogP contribution in [0.15, 0.2) is 59.3 Å². The number of carbonyl (C=O) groups is 4. The summed E-state index contributed by atoms with van der Waals surface area (Å²) in [5.41, 5.74) is 6.15. The molecule has 14 heteroatoms. The van der Waals surface area contributed by atoms with E-state index >= 15 is 0 Å². The van der Waals surface area contributed by atoms with E-state index in [2.05, 4.69) is 67.1 Å². The number of thiophene rings is 1. The van der Waals surface area contributed by atoms with Crippen LogP contribution in [-0.2, 0) is 19.2 Å². The Bertz CT molecular complexity index is 2140. The lowest BCUT2D eigenvalue weighted by Crippen LogP contribution is -2.53. The maximum absolute atomic E-state index is 13.6. The molecule has 0 bridgehead atoms. The number of aliphatic hydroxyl groups is 1. The fourth-order valence-electron chi connectivity index (χ4n) is 8.16. The Morgan fingerprint density at radius 2 is 1.58 bits per heavy atom. The highest BCUT2D eigenvalue weighted by Crippen LogP contribution is 2.39. The molecule has 55 heavy (non-hydrogen) atoms. The van der Waals surface area contributed by atoms with Crippen molar-refractivity contribution in [3.63, 3.8) is 0 Å². The Kier molecular flexibility index (Phi) is 11.1. The summed E-state index contributed by atoms with van der Waals surface area (Å²) >= 11 is 1.69. The van der Waals surface area contributed by atoms with Crippen molar-refractivity contribution in [3.05, 3.63) is 65.7 Å². The SMILES string of the molecule is CC(=O)N[C@H](C(=O)N1CCCC1C1=NC=C(c2csc3c2ccn3-c2ccc(-c3cnc([C@@H]4CCCN4C(=O)[C@@H](NC(=O)CO)C(C)C)[nH]3)cc2)C1)C(C)C. The zero-order valence-corrected chi connectivity index (χ0v) is 32.9. The van der Waals surface area contributed by atoms with Crippen LogP contribution < -0.4 is 10.6 Å². The van der Waals surface area contributed by atoms with Gasteiger partial charge in [-0.1, -0.05) is 39.8 Å². The van der Waals surface area contributed by atoms with Crippen LogP contribution in [-0.4, -0.2) is 96.6 Å². The first-order valence-corrected chi connectivity index (χ1v) is 20.1. The Hall–Kier alpha value is -5.08. The van der Waals surface area contributed by atoms with Gasteiger partial charge in [-0.2, -0.15) is 0 Å². The minimum absolute atomic E-state index is 0.0127. The zero-order chi connectivity index (χ0) is 39.0. The summed E-state index contributed by atoms with van der Waals surface area (Å²) in [5, 5.41) is 18.1. The summed E-state index contributed by atoms with van der Waals surface area (Å²) in [7, 11) is 0. The van der Waals surface area contributed by atoms with Gasteiger partial charge in [-0.3, -0.25) is 24.2 Å². The molecule has 4 N–H and O–H groups in total. The molecule has 0 saturated carbocycles. The molecule has 1 unspecified atom stereocenters. The predicted molar refractivity (Wildman–Crippen MR) is 213 cm³/mol. The number of aliphatic imine (C=N–C) groups is 1. The second-order valence-electron chi connectivity index (χ2n) is 15.5. The molecule has 1 aromatic carbocycles. The number of nitrogens with zero attached hydrogens (tertiary/aromatic N) is 5. The van der Waals surface area contributed by atoms with Crippen LogP contribution in [0.5, 0.6) is 0 Å². The van der Waals surface area contributed by atoms with E-state index in [9.17, 15) is 24.3 Å². The topological polar surface area (TPSA) is 165 Å². The molecule has 3 aliphatic heterocycles. The summed E-state index contributed by atoms with van der Waals surface area (Å²) in [5.74, 6) is -0.398. The van der Waals surface area contributed by atoms with Crippen LogP contribution in [0, 0.1) is 11.8 Å². The van der Waals surface area contributed by atoms with Crippen LogP contribution >= 0.6 is 11.3 Å². The third-order valence-corrected chi connectivity index (χ3v) is 12.0. The highest BCUT2D eigenvalue weighted by molar-refractivity contribution is 7.17. The van der Waals surface area contributed by atoms with Crippen molar-refractivity contribution in [2.75, 3.05) is 19.7 Å². The Balaban J connectivity index is 1.02. The average Bonchev–Trinajstić information content (AvgIpc) is 4.01. The summed E-state index contributed by atoms with van der Waals surface area (Å²) < 4.78 is 2.19. The number of hydrogen-bond acceptors (Lipinski definition) is 8. The number of hydrogen-bond donors (Lipinski definition) is 4. The Morgan fingerprint density at radius 1 is 0.927 bits per heavy atom. The molecular weight excluding hydrogens is 717 g/mol. The summed E-state index contributed by atoms with van der Waals surface area (Å²) in [4.78, 5) is 68.7. The molecule has 2 saturated heterocycles. The number of H-pyrrole nitrogens is 1. The van der Waals surface area contributed by atoms with E-state index in [4.69, 9.17) is 4.99 Å². The summed E-state index contributed by atoms with van der Waals surface area (Å²) in [6.07, 6.45) is 9.91. The number of rotatable bonds is 12. The molecule has 4 atom stereocenters. The molecular formula is C41H50N8O5S. The number of carbonyl (C=O) groups excluding carboxylic acids is 4. The summed E-state index contributed by atoms with van der Waals surface area (Å²) in [6, 6.07) is 8.89. The minimum atomic E-state index is -0.719. The van der Waals surface area contributed by atoms with E-state index < -0.39 is 24.6 Å². The third-order valence-electron chi connectivity index (χ3n) is 11.0. The van der Waals surface area contributed by atoms with Gasteiger partial charge in [0.1, 0.15) is 29.3 Å². The lowest BCUT2D eigenvalue weighted by molar-refractivity contribution is -0.139. The van der Waals surface area contributed by atoms with Gasteiger partial charge >= 0.3 is 0 Å². The highest BCUT2D eigenvalue weighted by Gasteiger charge is 2.39. The first kappa shape index (κ1) is 38.2. The van der Waals surface area contributed by atoms with Crippen molar-refractivity contribution < 1.29 is 24.3 Å². The van der Waals surface area contributed by atoms with E-state index in [1.807, 2.05) is 38.8 Å². The number of aromatic nitrogens is 3. The number of imidazole rings is 1. The molecule has 3 aliphatic rings. The molecule has 0 spiro atoms. The standard InChI is InChI=1S/C41H50N8O5S/c1-23(2)36(44-25(5)51)39(53)48-15-6-8-33(48)31-18-27(19-42-31)30-22-55-41-29(30)14-17-47(41)28-12-10-26(11-13-28)32-20-43-38(45-32)34-9-7-16-49(34)40(54)37(24(3)4)46-35(52)21-50/h10-14,17,19-20,22-24,33-34,36-37,50H,6-9,15-16,18,21H2,1-5H3,(H,43,45)(H,44,51)(H,46,52)/t33?,34-,36-,37-/m0/s1. The van der Waals surface area contributed by atoms with E-state index in [0.29, 0.717) is 25.3 Å². The average molecular weight is 767 g/mol. The minimum Gasteiger partial charge on any atom is -0.387 e. The number of benzene rings is 1. The third kappa shape index (κ3) is 7.62. The van der Waals surface area contributed by atoms with E-state index in [1.165, 1.54) is 6.92 Å². The first-order valence-electron chi connectivity index (χ1n) is 19.2. The van der Waals surface area contributed by atoms with Gasteiger partial charge in [0.15, 0.2) is 0 Å². The van der Waals surface area contributed by atoms with Gasteiger partial charge < -0.3 is 35.1 Å². The molecule has 290 valence electrons. The van der Waals surface area contributed by atoms with Gasteiger partial charge in [0.25, 0.3) is 0 Å². The Morgan fingerprint density at radius 3 is 2.24 bits per heavy atom. The lowest BCUT2D eigenvalue weighted by Gasteiger charge is -2.31. The monoisotopic (exact) mass is 766 g/mol. The number of allylic oxidation sites excluding steroid dienone is 1. The van der Waals surface area contributed by atoms with Crippen molar-refractivity contribution in [1.29, 1.82) is 0 Å². The molecule has 4 amide bonds. The van der Waals surface area contributed by atoms with Gasteiger partial charge in [-0.15, -0.1) is 11.3 Å². The van der Waals surface area contributed by atoms with Crippen LogP contribution in [0.1, 0.15) is 84.2 Å². The van der Waals surface area contributed by atoms with Crippen molar-refractivity contribution in [2.45, 2.75) is 90.9 Å². The number of aromatic amines is 1. The van der Waals surface area contributed by atoms with Gasteiger partial charge in [0.2, 0.25) is 23.6 Å². The molecule has 7 rings (SSSR count). The van der Waals surface area contributed by atoms with Gasteiger partial charge in [0.05, 0.1) is 24.0 Å². The molecule has 6 heterocycles. The van der Waals surface area contributed by atoms with E-state index in [-0.39, 0.29) is 41.6 Å². The van der Waals surface area contributed by atoms with Crippen molar-refractivity contribution in [1.82, 2.24) is 35.0 Å². The molecule has 0 radical (unpaired) electrons. The maximum Gasteiger partial charge on any atom is 0.246 e. The van der Waals surface area contributed by atoms with Gasteiger partial charge in [-0.05, 0) is 72.4 Å². The summed E-state index contributed by atoms with van der Waals surface area (Å²) in [6.45, 7) is 9.71. The van der Waals surface area contributed by atoms with Crippen LogP contribution in [0.3, 0.4) is 0 Å². The van der Waals surface area contributed by atoms with Gasteiger partial charge in [0, 0.05) is 61.0 Å². The Labute approximate surface area is 324 Å². The van der Waals surface area contributed by atoms with Crippen molar-refractivity contribution in [2.24, 2.45) is 16.8 Å². The smallest absolute Gasteiger partial charge is 0.246 e. The number of aliphatic hydroxyl groups excluding tert-OH is 1. The van der Waals surface area contributed by atoms with E-state index in [0.717, 1.165) is 69.7 Å². The highest BCUT2D eigenvalue weighted by atomic mass is 32.1. The van der Waals surface area contributed by atoms with Crippen LogP contribution in [0.4, 0.5) is 0 Å². The number of nitrogens with one attached hydrogen (secondary N) is 3. The maximum atomic E-state index is 13.6. The fraction of sp³-hybridized carbons (Fsp3) is 0.463. The van der Waals surface area contributed by atoms with Gasteiger partial charge in [-0.25, -0.2) is 4.98 Å². The normalized spacial score (nSPS) is 19.6. The molecule has 3 aromatic heterocycles. The lowest BCUT2D eigenvalue weighted by atomic mass is 9.97. The van der Waals surface area contributed by atoms with E-state index in [1.54, 1.807) is 22.4 Å². The molecule has 0 aliphatic carbocycles. The van der Waals surface area contributed by atoms with Crippen molar-refractivity contribution in [3.8, 4) is 16.9 Å². The zero-order valence-electron chi connectivity index (χ0n) is 32.0. The number of amides is 4. The second kappa shape index (κ2) is 16.0. The molecule has 2 fully saturated rings. The van der Waals surface area contributed by atoms with Crippen LogP contribution in [0.25, 0.3) is 32.7 Å². The fourth-order valence-corrected chi connectivity index (χ4v) is 9.25. The number of likely N-dealkylation sites (tertiary alicyclic amines) is 2. The quantitative estimate of drug-likeness (QED) is 0.155. The van der Waals surface area contributed by atoms with Crippen LogP contribution in [0.2, 0.25) is 0 Å².